The van der Waals surface area contributed by atoms with E-state index in [1.807, 2.05) is 0 Å². The maximum absolute atomic E-state index is 12.9. The van der Waals surface area contributed by atoms with Crippen LogP contribution in [0.5, 0.6) is 0 Å². The van der Waals surface area contributed by atoms with Gasteiger partial charge < -0.3 is 9.84 Å². The Bertz CT molecular complexity index is 1140. The largest absolute Gasteiger partial charge is 0.337 e. The van der Waals surface area contributed by atoms with Crippen molar-refractivity contribution in [3.63, 3.8) is 0 Å². The quantitative estimate of drug-likeness (QED) is 0.511. The molecule has 1 aromatic carbocycles. The van der Waals surface area contributed by atoms with Crippen LogP contribution in [0.4, 0.5) is 11.6 Å². The molecule has 4 aliphatic carbocycles. The first-order chi connectivity index (χ1) is 15.0. The lowest BCUT2D eigenvalue weighted by molar-refractivity contribution is -0.123. The third-order valence-electron chi connectivity index (χ3n) is 7.48. The molecule has 0 saturated heterocycles. The van der Waals surface area contributed by atoms with Crippen molar-refractivity contribution in [3.05, 3.63) is 35.5 Å². The summed E-state index contributed by atoms with van der Waals surface area (Å²) in [5, 5.41) is 6.74. The zero-order valence-corrected chi connectivity index (χ0v) is 20.7. The van der Waals surface area contributed by atoms with E-state index in [9.17, 15) is 13.2 Å². The Hall–Kier alpha value is -1.87. The first kappa shape index (κ1) is 21.9. The SMILES string of the molecule is Cc1noc(NS(=O)(=O)c2ccc(NC(=O)CC34C[C@@H]5C[C@@H](CC(Br)(C5)C3)C4)cc2)c1C. The standard InChI is InChI=1S/C23H28BrN3O4S/c1-14-15(2)26-31-21(14)27-32(29,30)19-5-3-18(4-6-19)25-20(28)12-22-8-16-7-17(9-22)11-23(24,10-16)13-22/h3-6,16-17,27H,7-13H2,1-2H3,(H,25,28)/t16-,17+,22?,23?. The number of aromatic nitrogens is 1. The Morgan fingerprint density at radius 3 is 2.38 bits per heavy atom. The van der Waals surface area contributed by atoms with Crippen LogP contribution < -0.4 is 10.0 Å². The molecule has 1 amide bonds. The highest BCUT2D eigenvalue weighted by atomic mass is 79.9. The summed E-state index contributed by atoms with van der Waals surface area (Å²) in [5.74, 6) is 1.58. The van der Waals surface area contributed by atoms with Crippen molar-refractivity contribution in [3.8, 4) is 0 Å². The lowest BCUT2D eigenvalue weighted by Gasteiger charge is -2.60. The van der Waals surface area contributed by atoms with Gasteiger partial charge >= 0.3 is 0 Å². The van der Waals surface area contributed by atoms with Crippen LogP contribution in [0.1, 0.15) is 56.2 Å². The molecule has 4 bridgehead atoms. The fourth-order valence-corrected chi connectivity index (χ4v) is 9.05. The number of benzene rings is 1. The number of hydrogen-bond acceptors (Lipinski definition) is 5. The van der Waals surface area contributed by atoms with Crippen LogP contribution in [-0.4, -0.2) is 23.8 Å². The molecular weight excluding hydrogens is 494 g/mol. The number of nitrogens with one attached hydrogen (secondary N) is 2. The first-order valence-corrected chi connectivity index (χ1v) is 13.4. The molecule has 4 fully saturated rings. The minimum atomic E-state index is -3.81. The summed E-state index contributed by atoms with van der Waals surface area (Å²) in [6.07, 6.45) is 7.69. The minimum Gasteiger partial charge on any atom is -0.337 e. The summed E-state index contributed by atoms with van der Waals surface area (Å²) in [7, 11) is -3.81. The number of amides is 1. The maximum Gasteiger partial charge on any atom is 0.264 e. The second-order valence-electron chi connectivity index (χ2n) is 10.2. The molecule has 32 heavy (non-hydrogen) atoms. The van der Waals surface area contributed by atoms with E-state index in [-0.39, 0.29) is 26.4 Å². The van der Waals surface area contributed by atoms with E-state index in [2.05, 4.69) is 31.1 Å². The molecule has 2 N–H and O–H groups in total. The Morgan fingerprint density at radius 2 is 1.81 bits per heavy atom. The molecule has 1 aromatic heterocycles. The molecular formula is C23H28BrN3O4S. The number of rotatable bonds is 6. The van der Waals surface area contributed by atoms with Crippen LogP contribution in [0, 0.1) is 31.1 Å². The number of carbonyl (C=O) groups is 1. The van der Waals surface area contributed by atoms with Crippen LogP contribution >= 0.6 is 15.9 Å². The molecule has 0 radical (unpaired) electrons. The minimum absolute atomic E-state index is 0.00421. The highest BCUT2D eigenvalue weighted by Gasteiger charge is 2.57. The second-order valence-corrected chi connectivity index (χ2v) is 13.6. The fourth-order valence-electron chi connectivity index (χ4n) is 6.50. The third kappa shape index (κ3) is 4.09. The van der Waals surface area contributed by atoms with Crippen LogP contribution in [0.25, 0.3) is 0 Å². The van der Waals surface area contributed by atoms with Crippen LogP contribution in [0.2, 0.25) is 0 Å². The summed E-state index contributed by atoms with van der Waals surface area (Å²) in [4.78, 5) is 13.0. The molecule has 6 rings (SSSR count). The average molecular weight is 522 g/mol. The van der Waals surface area contributed by atoms with Gasteiger partial charge in [0.2, 0.25) is 11.8 Å². The predicted octanol–water partition coefficient (Wildman–Crippen LogP) is 5.15. The molecule has 9 heteroatoms. The van der Waals surface area contributed by atoms with Crippen LogP contribution in [0.3, 0.4) is 0 Å². The van der Waals surface area contributed by atoms with Gasteiger partial charge in [0.25, 0.3) is 10.0 Å². The van der Waals surface area contributed by atoms with Gasteiger partial charge in [0.15, 0.2) is 0 Å². The summed E-state index contributed by atoms with van der Waals surface area (Å²) in [6, 6.07) is 6.21. The molecule has 0 aliphatic heterocycles. The van der Waals surface area contributed by atoms with Gasteiger partial charge in [0, 0.05) is 22.0 Å². The van der Waals surface area contributed by atoms with E-state index >= 15 is 0 Å². The molecule has 1 heterocycles. The average Bonchev–Trinajstić information content (AvgIpc) is 2.97. The molecule has 2 aromatic rings. The van der Waals surface area contributed by atoms with Crippen LogP contribution in [-0.2, 0) is 14.8 Å². The Balaban J connectivity index is 1.24. The van der Waals surface area contributed by atoms with E-state index in [1.165, 1.54) is 31.4 Å². The number of anilines is 2. The molecule has 172 valence electrons. The second kappa shape index (κ2) is 7.58. The van der Waals surface area contributed by atoms with E-state index in [1.54, 1.807) is 26.0 Å². The van der Waals surface area contributed by atoms with Gasteiger partial charge in [-0.15, -0.1) is 0 Å². The number of aryl methyl sites for hydroxylation is 1. The Morgan fingerprint density at radius 1 is 1.16 bits per heavy atom. The zero-order valence-electron chi connectivity index (χ0n) is 18.3. The van der Waals surface area contributed by atoms with Crippen molar-refractivity contribution in [1.29, 1.82) is 0 Å². The highest BCUT2D eigenvalue weighted by molar-refractivity contribution is 9.10. The lowest BCUT2D eigenvalue weighted by atomic mass is 9.48. The summed E-state index contributed by atoms with van der Waals surface area (Å²) in [6.45, 7) is 3.48. The normalized spacial score (nSPS) is 31.0. The van der Waals surface area contributed by atoms with Gasteiger partial charge in [-0.2, -0.15) is 0 Å². The number of halogens is 1. The van der Waals surface area contributed by atoms with E-state index in [0.29, 0.717) is 23.4 Å². The Kier molecular flexibility index (Phi) is 5.20. The third-order valence-corrected chi connectivity index (χ3v) is 9.75. The number of carbonyl (C=O) groups excluding carboxylic acids is 1. The van der Waals surface area contributed by atoms with Gasteiger partial charge in [-0.25, -0.2) is 13.1 Å². The van der Waals surface area contributed by atoms with Gasteiger partial charge in [0.05, 0.1) is 10.6 Å². The topological polar surface area (TPSA) is 101 Å². The number of alkyl halides is 1. The van der Waals surface area contributed by atoms with E-state index < -0.39 is 10.0 Å². The van der Waals surface area contributed by atoms with Crippen molar-refractivity contribution >= 4 is 43.4 Å². The number of sulfonamides is 1. The Labute approximate surface area is 196 Å². The van der Waals surface area contributed by atoms with Crippen molar-refractivity contribution in [2.24, 2.45) is 17.3 Å². The molecule has 4 aliphatic rings. The van der Waals surface area contributed by atoms with Crippen molar-refractivity contribution in [2.45, 2.75) is 68.0 Å². The predicted molar refractivity (Wildman–Crippen MR) is 125 cm³/mol. The monoisotopic (exact) mass is 521 g/mol. The van der Waals surface area contributed by atoms with Crippen molar-refractivity contribution < 1.29 is 17.7 Å². The number of hydrogen-bond donors (Lipinski definition) is 2. The first-order valence-electron chi connectivity index (χ1n) is 11.1. The van der Waals surface area contributed by atoms with Crippen LogP contribution in [0.15, 0.2) is 33.7 Å². The van der Waals surface area contributed by atoms with Gasteiger partial charge in [-0.1, -0.05) is 21.1 Å². The van der Waals surface area contributed by atoms with Gasteiger partial charge in [0.1, 0.15) is 0 Å². The smallest absolute Gasteiger partial charge is 0.264 e. The molecule has 2 unspecified atom stereocenters. The molecule has 0 spiro atoms. The van der Waals surface area contributed by atoms with E-state index in [4.69, 9.17) is 4.52 Å². The van der Waals surface area contributed by atoms with Crippen molar-refractivity contribution in [1.82, 2.24) is 5.16 Å². The lowest BCUT2D eigenvalue weighted by Crippen LogP contribution is -2.53. The van der Waals surface area contributed by atoms with Gasteiger partial charge in [-0.3, -0.25) is 4.79 Å². The summed E-state index contributed by atoms with van der Waals surface area (Å²) < 4.78 is 33.0. The molecule has 4 atom stereocenters. The van der Waals surface area contributed by atoms with Crippen molar-refractivity contribution in [2.75, 3.05) is 10.0 Å². The van der Waals surface area contributed by atoms with E-state index in [0.717, 1.165) is 31.1 Å². The molecule has 4 saturated carbocycles. The fraction of sp³-hybridized carbons (Fsp3) is 0.565. The number of nitrogens with zero attached hydrogens (tertiary/aromatic N) is 1. The summed E-state index contributed by atoms with van der Waals surface area (Å²) in [5.41, 5.74) is 1.97. The molecule has 7 nitrogen and oxygen atoms in total. The van der Waals surface area contributed by atoms with Gasteiger partial charge in [-0.05, 0) is 93.9 Å². The summed E-state index contributed by atoms with van der Waals surface area (Å²) >= 11 is 4.00. The maximum atomic E-state index is 12.9. The zero-order chi connectivity index (χ0) is 22.7. The highest BCUT2D eigenvalue weighted by Crippen LogP contribution is 2.65.